The molecule has 1 amide bonds. The number of rotatable bonds is 3. The number of aryl methyl sites for hydroxylation is 1. The average molecular weight is 333 g/mol. The van der Waals surface area contributed by atoms with Gasteiger partial charge in [-0.05, 0) is 48.7 Å². The van der Waals surface area contributed by atoms with E-state index >= 15 is 0 Å². The van der Waals surface area contributed by atoms with Gasteiger partial charge in [0.15, 0.2) is 12.2 Å². The van der Waals surface area contributed by atoms with Gasteiger partial charge in [0, 0.05) is 36.1 Å². The van der Waals surface area contributed by atoms with Gasteiger partial charge in [0.2, 0.25) is 0 Å². The number of oxazole rings is 1. The van der Waals surface area contributed by atoms with Gasteiger partial charge >= 0.3 is 0 Å². The van der Waals surface area contributed by atoms with Crippen molar-refractivity contribution in [3.05, 3.63) is 66.2 Å². The number of carbonyl (C=O) groups is 1. The maximum absolute atomic E-state index is 12.5. The monoisotopic (exact) mass is 333 g/mol. The van der Waals surface area contributed by atoms with Crippen LogP contribution in [0.1, 0.15) is 22.3 Å². The van der Waals surface area contributed by atoms with Crippen molar-refractivity contribution in [3.63, 3.8) is 0 Å². The highest BCUT2D eigenvalue weighted by Crippen LogP contribution is 2.28. The van der Waals surface area contributed by atoms with Crippen LogP contribution in [0, 0.1) is 0 Å². The van der Waals surface area contributed by atoms with Gasteiger partial charge in [-0.15, -0.1) is 0 Å². The molecule has 1 N–H and O–H groups in total. The first-order valence-corrected chi connectivity index (χ1v) is 8.35. The lowest BCUT2D eigenvalue weighted by molar-refractivity contribution is 0.102. The van der Waals surface area contributed by atoms with Crippen molar-refractivity contribution in [2.45, 2.75) is 12.8 Å². The number of hydrogen-bond donors (Lipinski definition) is 1. The quantitative estimate of drug-likeness (QED) is 0.788. The SMILES string of the molecule is CN1CCCc2cc(NC(=O)c3ccc(-c4cnco4)cc3)ccc21. The number of amides is 1. The number of aromatic nitrogens is 1. The van der Waals surface area contributed by atoms with Crippen LogP contribution in [0.15, 0.2) is 59.5 Å². The Balaban J connectivity index is 1.50. The molecule has 5 heteroatoms. The molecule has 0 spiro atoms. The van der Waals surface area contributed by atoms with Gasteiger partial charge in [-0.2, -0.15) is 0 Å². The first-order valence-electron chi connectivity index (χ1n) is 8.35. The molecule has 0 atom stereocenters. The molecule has 1 aliphatic rings. The zero-order valence-corrected chi connectivity index (χ0v) is 14.0. The summed E-state index contributed by atoms with van der Waals surface area (Å²) in [6, 6.07) is 13.4. The molecule has 2 aromatic carbocycles. The summed E-state index contributed by atoms with van der Waals surface area (Å²) in [4.78, 5) is 18.6. The van der Waals surface area contributed by atoms with Crippen LogP contribution in [0.5, 0.6) is 0 Å². The molecule has 0 radical (unpaired) electrons. The predicted octanol–water partition coefficient (Wildman–Crippen LogP) is 3.98. The molecule has 25 heavy (non-hydrogen) atoms. The van der Waals surface area contributed by atoms with Crippen LogP contribution >= 0.6 is 0 Å². The molecule has 1 aromatic heterocycles. The highest BCUT2D eigenvalue weighted by molar-refractivity contribution is 6.04. The highest BCUT2D eigenvalue weighted by atomic mass is 16.3. The first kappa shape index (κ1) is 15.4. The fourth-order valence-corrected chi connectivity index (χ4v) is 3.21. The number of benzene rings is 2. The van der Waals surface area contributed by atoms with Crippen molar-refractivity contribution < 1.29 is 9.21 Å². The number of hydrogen-bond acceptors (Lipinski definition) is 4. The van der Waals surface area contributed by atoms with Crippen LogP contribution in [0.4, 0.5) is 11.4 Å². The minimum atomic E-state index is -0.117. The number of fused-ring (bicyclic) bond motifs is 1. The predicted molar refractivity (Wildman–Crippen MR) is 97.9 cm³/mol. The van der Waals surface area contributed by atoms with E-state index in [1.54, 1.807) is 18.3 Å². The summed E-state index contributed by atoms with van der Waals surface area (Å²) in [5.41, 5.74) is 4.87. The molecule has 1 aliphatic heterocycles. The molecule has 0 saturated carbocycles. The zero-order chi connectivity index (χ0) is 17.2. The Hall–Kier alpha value is -3.08. The zero-order valence-electron chi connectivity index (χ0n) is 14.0. The van der Waals surface area contributed by atoms with Gasteiger partial charge in [-0.3, -0.25) is 4.79 Å². The summed E-state index contributed by atoms with van der Waals surface area (Å²) in [6.45, 7) is 1.08. The minimum absolute atomic E-state index is 0.117. The molecule has 4 rings (SSSR count). The van der Waals surface area contributed by atoms with E-state index in [9.17, 15) is 4.79 Å². The summed E-state index contributed by atoms with van der Waals surface area (Å²) in [6.07, 6.45) is 5.24. The van der Waals surface area contributed by atoms with E-state index in [2.05, 4.69) is 34.4 Å². The molecule has 0 fully saturated rings. The van der Waals surface area contributed by atoms with Crippen LogP contribution in [-0.2, 0) is 6.42 Å². The second kappa shape index (κ2) is 6.43. The maximum atomic E-state index is 12.5. The maximum Gasteiger partial charge on any atom is 0.255 e. The molecular formula is C20H19N3O2. The van der Waals surface area contributed by atoms with E-state index in [1.807, 2.05) is 18.2 Å². The van der Waals surface area contributed by atoms with Crippen molar-refractivity contribution in [1.29, 1.82) is 0 Å². The van der Waals surface area contributed by atoms with Gasteiger partial charge in [0.1, 0.15) is 0 Å². The van der Waals surface area contributed by atoms with Crippen molar-refractivity contribution in [3.8, 4) is 11.3 Å². The summed E-state index contributed by atoms with van der Waals surface area (Å²) < 4.78 is 5.26. The normalized spacial score (nSPS) is 13.4. The van der Waals surface area contributed by atoms with Crippen molar-refractivity contribution in [2.24, 2.45) is 0 Å². The summed E-state index contributed by atoms with van der Waals surface area (Å²) in [7, 11) is 2.10. The van der Waals surface area contributed by atoms with Gasteiger partial charge in [-0.1, -0.05) is 12.1 Å². The van der Waals surface area contributed by atoms with Crippen molar-refractivity contribution in [1.82, 2.24) is 4.98 Å². The fraction of sp³-hybridized carbons (Fsp3) is 0.200. The van der Waals surface area contributed by atoms with Crippen LogP contribution in [-0.4, -0.2) is 24.5 Å². The topological polar surface area (TPSA) is 58.4 Å². The second-order valence-corrected chi connectivity index (χ2v) is 6.27. The average Bonchev–Trinajstić information content (AvgIpc) is 3.17. The lowest BCUT2D eigenvalue weighted by Crippen LogP contribution is -2.24. The van der Waals surface area contributed by atoms with Gasteiger partial charge in [-0.25, -0.2) is 4.98 Å². The third-order valence-corrected chi connectivity index (χ3v) is 4.55. The molecular weight excluding hydrogens is 314 g/mol. The summed E-state index contributed by atoms with van der Waals surface area (Å²) >= 11 is 0. The van der Waals surface area contributed by atoms with E-state index in [1.165, 1.54) is 17.6 Å². The Morgan fingerprint density at radius 1 is 1.20 bits per heavy atom. The van der Waals surface area contributed by atoms with E-state index in [4.69, 9.17) is 4.42 Å². The van der Waals surface area contributed by atoms with Gasteiger partial charge in [0.25, 0.3) is 5.91 Å². The Morgan fingerprint density at radius 2 is 2.04 bits per heavy atom. The van der Waals surface area contributed by atoms with E-state index in [-0.39, 0.29) is 5.91 Å². The Labute approximate surface area is 146 Å². The highest BCUT2D eigenvalue weighted by Gasteiger charge is 2.15. The summed E-state index contributed by atoms with van der Waals surface area (Å²) in [5.74, 6) is 0.569. The fourth-order valence-electron chi connectivity index (χ4n) is 3.21. The standard InChI is InChI=1S/C20H19N3O2/c1-23-10-2-3-16-11-17(8-9-18(16)23)22-20(24)15-6-4-14(5-7-15)19-12-21-13-25-19/h4-9,11-13H,2-3,10H2,1H3,(H,22,24). The molecule has 0 bridgehead atoms. The Morgan fingerprint density at radius 3 is 2.80 bits per heavy atom. The third kappa shape index (κ3) is 3.13. The van der Waals surface area contributed by atoms with E-state index < -0.39 is 0 Å². The van der Waals surface area contributed by atoms with Crippen LogP contribution in [0.25, 0.3) is 11.3 Å². The van der Waals surface area contributed by atoms with Crippen LogP contribution in [0.2, 0.25) is 0 Å². The molecule has 0 saturated heterocycles. The smallest absolute Gasteiger partial charge is 0.255 e. The molecule has 5 nitrogen and oxygen atoms in total. The van der Waals surface area contributed by atoms with E-state index in [0.29, 0.717) is 11.3 Å². The lowest BCUT2D eigenvalue weighted by atomic mass is 10.0. The molecule has 0 aliphatic carbocycles. The molecule has 2 heterocycles. The van der Waals surface area contributed by atoms with Crippen LogP contribution < -0.4 is 10.2 Å². The third-order valence-electron chi connectivity index (χ3n) is 4.55. The van der Waals surface area contributed by atoms with E-state index in [0.717, 1.165) is 30.6 Å². The van der Waals surface area contributed by atoms with Crippen molar-refractivity contribution >= 4 is 17.3 Å². The van der Waals surface area contributed by atoms with Crippen molar-refractivity contribution in [2.75, 3.05) is 23.8 Å². The summed E-state index contributed by atoms with van der Waals surface area (Å²) in [5, 5.41) is 2.98. The van der Waals surface area contributed by atoms with Gasteiger partial charge in [0.05, 0.1) is 6.20 Å². The molecule has 0 unspecified atom stereocenters. The Kier molecular flexibility index (Phi) is 3.98. The second-order valence-electron chi connectivity index (χ2n) is 6.27. The van der Waals surface area contributed by atoms with Gasteiger partial charge < -0.3 is 14.6 Å². The minimum Gasteiger partial charge on any atom is -0.444 e. The first-order chi connectivity index (χ1) is 12.2. The Bertz CT molecular complexity index is 886. The van der Waals surface area contributed by atoms with Crippen LogP contribution in [0.3, 0.4) is 0 Å². The number of anilines is 2. The largest absolute Gasteiger partial charge is 0.444 e. The lowest BCUT2D eigenvalue weighted by Gasteiger charge is -2.27. The molecule has 126 valence electrons. The number of nitrogens with zero attached hydrogens (tertiary/aromatic N) is 2. The number of carbonyl (C=O) groups excluding carboxylic acids is 1. The molecule has 3 aromatic rings. The number of nitrogens with one attached hydrogen (secondary N) is 1.